The molecule has 1 amide bonds. The van der Waals surface area contributed by atoms with Crippen LogP contribution in [0.4, 0.5) is 0 Å². The molecule has 1 fully saturated rings. The molecule has 1 aliphatic rings. The molecule has 148 valence electrons. The molecule has 2 heterocycles. The van der Waals surface area contributed by atoms with Gasteiger partial charge in [0.05, 0.1) is 7.11 Å². The standard InChI is InChI=1S/C20H26N2O4.ClH/c1-12-8-9-21-11-17(12)22-19(23)7-6-16-13(2)15-5-4-14(25-3)10-18(15)26-20(16)24;/h4-5,10,12,17,21H,6-9,11H2,1-3H3,(H,22,23);1H. The molecule has 2 aromatic rings. The van der Waals surface area contributed by atoms with Crippen LogP contribution in [0.2, 0.25) is 0 Å². The lowest BCUT2D eigenvalue weighted by Crippen LogP contribution is -2.50. The van der Waals surface area contributed by atoms with Gasteiger partial charge in [-0.2, -0.15) is 0 Å². The van der Waals surface area contributed by atoms with E-state index in [0.717, 1.165) is 30.5 Å². The van der Waals surface area contributed by atoms with Crippen molar-refractivity contribution in [1.82, 2.24) is 10.6 Å². The predicted molar refractivity (Wildman–Crippen MR) is 108 cm³/mol. The van der Waals surface area contributed by atoms with E-state index in [1.165, 1.54) is 0 Å². The van der Waals surface area contributed by atoms with Gasteiger partial charge < -0.3 is 19.8 Å². The number of amides is 1. The third kappa shape index (κ3) is 4.82. The smallest absolute Gasteiger partial charge is 0.339 e. The number of carbonyl (C=O) groups excluding carboxylic acids is 1. The van der Waals surface area contributed by atoms with Gasteiger partial charge in [-0.15, -0.1) is 12.4 Å². The second-order valence-electron chi connectivity index (χ2n) is 7.00. The SMILES string of the molecule is COc1ccc2c(C)c(CCC(=O)NC3CNCCC3C)c(=O)oc2c1.Cl. The van der Waals surface area contributed by atoms with Crippen molar-refractivity contribution in [3.8, 4) is 5.75 Å². The Hall–Kier alpha value is -2.05. The number of nitrogens with one attached hydrogen (secondary N) is 2. The number of carbonyl (C=O) groups is 1. The first-order chi connectivity index (χ1) is 12.5. The van der Waals surface area contributed by atoms with Crippen molar-refractivity contribution in [2.75, 3.05) is 20.2 Å². The fourth-order valence-electron chi connectivity index (χ4n) is 3.49. The van der Waals surface area contributed by atoms with Gasteiger partial charge in [0.15, 0.2) is 0 Å². The van der Waals surface area contributed by atoms with Crippen LogP contribution >= 0.6 is 12.4 Å². The number of fused-ring (bicyclic) bond motifs is 1. The Labute approximate surface area is 165 Å². The van der Waals surface area contributed by atoms with Crippen molar-refractivity contribution in [1.29, 1.82) is 0 Å². The van der Waals surface area contributed by atoms with Gasteiger partial charge in [0.2, 0.25) is 5.91 Å². The van der Waals surface area contributed by atoms with Crippen molar-refractivity contribution in [2.45, 2.75) is 39.2 Å². The second-order valence-corrected chi connectivity index (χ2v) is 7.00. The van der Waals surface area contributed by atoms with Crippen LogP contribution < -0.4 is 21.0 Å². The van der Waals surface area contributed by atoms with Crippen LogP contribution in [0, 0.1) is 12.8 Å². The largest absolute Gasteiger partial charge is 0.497 e. The zero-order chi connectivity index (χ0) is 18.7. The third-order valence-electron chi connectivity index (χ3n) is 5.27. The van der Waals surface area contributed by atoms with E-state index in [1.54, 1.807) is 13.2 Å². The van der Waals surface area contributed by atoms with Crippen LogP contribution in [-0.4, -0.2) is 32.1 Å². The highest BCUT2D eigenvalue weighted by Crippen LogP contribution is 2.24. The number of hydrogen-bond donors (Lipinski definition) is 2. The Kier molecular flexibility index (Phi) is 7.27. The van der Waals surface area contributed by atoms with E-state index in [4.69, 9.17) is 9.15 Å². The van der Waals surface area contributed by atoms with Crippen LogP contribution in [0.1, 0.15) is 30.9 Å². The van der Waals surface area contributed by atoms with Gasteiger partial charge in [0.25, 0.3) is 0 Å². The molecule has 2 N–H and O–H groups in total. The van der Waals surface area contributed by atoms with Crippen molar-refractivity contribution < 1.29 is 13.9 Å². The molecule has 2 atom stereocenters. The summed E-state index contributed by atoms with van der Waals surface area (Å²) in [5, 5.41) is 7.25. The molecular formula is C20H27ClN2O4. The summed E-state index contributed by atoms with van der Waals surface area (Å²) in [6.07, 6.45) is 1.70. The number of ether oxygens (including phenoxy) is 1. The van der Waals surface area contributed by atoms with Gasteiger partial charge in [-0.1, -0.05) is 6.92 Å². The molecule has 1 saturated heterocycles. The van der Waals surface area contributed by atoms with Gasteiger partial charge >= 0.3 is 5.63 Å². The van der Waals surface area contributed by atoms with E-state index in [2.05, 4.69) is 17.6 Å². The maximum absolute atomic E-state index is 12.4. The Morgan fingerprint density at radius 3 is 2.89 bits per heavy atom. The lowest BCUT2D eigenvalue weighted by molar-refractivity contribution is -0.122. The van der Waals surface area contributed by atoms with Gasteiger partial charge in [0, 0.05) is 36.0 Å². The fraction of sp³-hybridized carbons (Fsp3) is 0.500. The zero-order valence-electron chi connectivity index (χ0n) is 16.0. The van der Waals surface area contributed by atoms with Crippen molar-refractivity contribution in [3.05, 3.63) is 39.7 Å². The fourth-order valence-corrected chi connectivity index (χ4v) is 3.49. The average molecular weight is 395 g/mol. The third-order valence-corrected chi connectivity index (χ3v) is 5.27. The summed E-state index contributed by atoms with van der Waals surface area (Å²) in [6.45, 7) is 5.84. The number of methoxy groups -OCH3 is 1. The Balaban J connectivity index is 0.00000261. The molecule has 0 radical (unpaired) electrons. The molecule has 2 unspecified atom stereocenters. The van der Waals surface area contributed by atoms with E-state index in [9.17, 15) is 9.59 Å². The zero-order valence-corrected chi connectivity index (χ0v) is 16.8. The van der Waals surface area contributed by atoms with Gasteiger partial charge in [0.1, 0.15) is 11.3 Å². The Morgan fingerprint density at radius 2 is 2.19 bits per heavy atom. The minimum Gasteiger partial charge on any atom is -0.497 e. The van der Waals surface area contributed by atoms with E-state index >= 15 is 0 Å². The first kappa shape index (κ1) is 21.3. The molecule has 7 heteroatoms. The molecule has 3 rings (SSSR count). The molecule has 0 bridgehead atoms. The summed E-state index contributed by atoms with van der Waals surface area (Å²) in [4.78, 5) is 24.7. The van der Waals surface area contributed by atoms with Crippen LogP contribution in [0.3, 0.4) is 0 Å². The Morgan fingerprint density at radius 1 is 1.41 bits per heavy atom. The van der Waals surface area contributed by atoms with Crippen LogP contribution in [0.25, 0.3) is 11.0 Å². The highest BCUT2D eigenvalue weighted by molar-refractivity contribution is 5.85. The van der Waals surface area contributed by atoms with E-state index in [1.807, 2.05) is 19.1 Å². The van der Waals surface area contributed by atoms with Crippen molar-refractivity contribution >= 4 is 29.3 Å². The minimum absolute atomic E-state index is 0. The molecular weight excluding hydrogens is 368 g/mol. The summed E-state index contributed by atoms with van der Waals surface area (Å²) in [7, 11) is 1.57. The molecule has 27 heavy (non-hydrogen) atoms. The normalized spacial score (nSPS) is 19.4. The average Bonchev–Trinajstić information content (AvgIpc) is 2.63. The minimum atomic E-state index is -0.385. The molecule has 0 aliphatic carbocycles. The van der Waals surface area contributed by atoms with Crippen molar-refractivity contribution in [3.63, 3.8) is 0 Å². The highest BCUT2D eigenvalue weighted by Gasteiger charge is 2.22. The molecule has 0 spiro atoms. The monoisotopic (exact) mass is 394 g/mol. The van der Waals surface area contributed by atoms with E-state index in [0.29, 0.717) is 29.2 Å². The summed E-state index contributed by atoms with van der Waals surface area (Å²) < 4.78 is 10.6. The van der Waals surface area contributed by atoms with Crippen LogP contribution in [0.15, 0.2) is 27.4 Å². The Bertz CT molecular complexity index is 865. The number of hydrogen-bond acceptors (Lipinski definition) is 5. The number of rotatable bonds is 5. The summed E-state index contributed by atoms with van der Waals surface area (Å²) in [5.74, 6) is 1.07. The maximum atomic E-state index is 12.4. The number of piperidine rings is 1. The summed E-state index contributed by atoms with van der Waals surface area (Å²) in [5.41, 5.74) is 1.54. The van der Waals surface area contributed by atoms with E-state index < -0.39 is 0 Å². The number of aryl methyl sites for hydroxylation is 1. The summed E-state index contributed by atoms with van der Waals surface area (Å²) in [6, 6.07) is 5.57. The number of benzene rings is 1. The van der Waals surface area contributed by atoms with E-state index in [-0.39, 0.29) is 36.4 Å². The first-order valence-electron chi connectivity index (χ1n) is 9.10. The lowest BCUT2D eigenvalue weighted by Gasteiger charge is -2.30. The summed E-state index contributed by atoms with van der Waals surface area (Å²) >= 11 is 0. The quantitative estimate of drug-likeness (QED) is 0.762. The number of halogens is 1. The van der Waals surface area contributed by atoms with Gasteiger partial charge in [-0.05, 0) is 49.9 Å². The first-order valence-corrected chi connectivity index (χ1v) is 9.10. The van der Waals surface area contributed by atoms with Gasteiger partial charge in [-0.25, -0.2) is 4.79 Å². The molecule has 1 aromatic heterocycles. The molecule has 6 nitrogen and oxygen atoms in total. The lowest BCUT2D eigenvalue weighted by atomic mass is 9.94. The molecule has 1 aromatic carbocycles. The van der Waals surface area contributed by atoms with Crippen LogP contribution in [0.5, 0.6) is 5.75 Å². The van der Waals surface area contributed by atoms with Crippen molar-refractivity contribution in [2.24, 2.45) is 5.92 Å². The molecule has 1 aliphatic heterocycles. The second kappa shape index (κ2) is 9.24. The van der Waals surface area contributed by atoms with Crippen LogP contribution in [-0.2, 0) is 11.2 Å². The maximum Gasteiger partial charge on any atom is 0.339 e. The predicted octanol–water partition coefficient (Wildman–Crippen LogP) is 2.58. The topological polar surface area (TPSA) is 80.6 Å². The molecule has 0 saturated carbocycles. The highest BCUT2D eigenvalue weighted by atomic mass is 35.5. The van der Waals surface area contributed by atoms with Gasteiger partial charge in [-0.3, -0.25) is 4.79 Å².